The Kier molecular flexibility index (Phi) is 6.17. The summed E-state index contributed by atoms with van der Waals surface area (Å²) in [5.74, 6) is 3.95. The average molecular weight is 469 g/mol. The highest BCUT2D eigenvalue weighted by Gasteiger charge is 2.27. The maximum absolute atomic E-state index is 13.2. The Bertz CT molecular complexity index is 1180. The van der Waals surface area contributed by atoms with E-state index in [2.05, 4.69) is 43.7 Å². The van der Waals surface area contributed by atoms with Gasteiger partial charge in [0.15, 0.2) is 11.0 Å². The Morgan fingerprint density at radius 3 is 2.61 bits per heavy atom. The molecule has 3 aromatic heterocycles. The van der Waals surface area contributed by atoms with Crippen molar-refractivity contribution in [3.05, 3.63) is 60.1 Å². The molecule has 1 saturated heterocycles. The van der Waals surface area contributed by atoms with Crippen LogP contribution in [0.25, 0.3) is 11.5 Å². The second-order valence-electron chi connectivity index (χ2n) is 8.61. The molecule has 4 aromatic rings. The molecule has 2 unspecified atom stereocenters. The summed E-state index contributed by atoms with van der Waals surface area (Å²) in [6.45, 7) is 7.01. The van der Waals surface area contributed by atoms with Gasteiger partial charge in [0.25, 0.3) is 5.89 Å². The first-order chi connectivity index (χ1) is 16.0. The fourth-order valence-corrected chi connectivity index (χ4v) is 5.07. The molecule has 0 N–H and O–H groups in total. The molecule has 0 aliphatic carbocycles. The molecule has 1 aliphatic heterocycles. The first-order valence-corrected chi connectivity index (χ1v) is 12.0. The number of rotatable bonds is 7. The highest BCUT2D eigenvalue weighted by Crippen LogP contribution is 2.30. The van der Waals surface area contributed by atoms with Gasteiger partial charge in [0.1, 0.15) is 11.6 Å². The third-order valence-corrected chi connectivity index (χ3v) is 6.60. The van der Waals surface area contributed by atoms with Crippen molar-refractivity contribution >= 4 is 17.7 Å². The van der Waals surface area contributed by atoms with Gasteiger partial charge in [-0.1, -0.05) is 30.8 Å². The standard InChI is InChI=1S/C23H25FN6O2S/c1-15-10-16(2)12-29(11-15)22-26-27-23(30(22)13-19-4-3-9-31-19)33-14-20-25-21(32-28-20)17-5-7-18(24)8-6-17/h3-9,15-16H,10-14H2,1-2H3. The zero-order valence-corrected chi connectivity index (χ0v) is 19.3. The molecular weight excluding hydrogens is 443 g/mol. The lowest BCUT2D eigenvalue weighted by molar-refractivity contribution is 0.350. The molecule has 1 aromatic carbocycles. The Balaban J connectivity index is 1.35. The zero-order chi connectivity index (χ0) is 22.8. The van der Waals surface area contributed by atoms with Crippen molar-refractivity contribution in [1.82, 2.24) is 24.9 Å². The van der Waals surface area contributed by atoms with E-state index in [0.717, 1.165) is 30.0 Å². The molecule has 33 heavy (non-hydrogen) atoms. The summed E-state index contributed by atoms with van der Waals surface area (Å²) < 4.78 is 26.2. The van der Waals surface area contributed by atoms with Crippen LogP contribution in [0.5, 0.6) is 0 Å². The molecule has 0 spiro atoms. The van der Waals surface area contributed by atoms with E-state index in [9.17, 15) is 4.39 Å². The predicted molar refractivity (Wildman–Crippen MR) is 122 cm³/mol. The van der Waals surface area contributed by atoms with Crippen LogP contribution in [-0.4, -0.2) is 38.0 Å². The fraction of sp³-hybridized carbons (Fsp3) is 0.391. The Hall–Kier alpha value is -3.14. The van der Waals surface area contributed by atoms with Gasteiger partial charge in [-0.05, 0) is 54.7 Å². The van der Waals surface area contributed by atoms with E-state index < -0.39 is 0 Å². The molecule has 0 radical (unpaired) electrons. The van der Waals surface area contributed by atoms with Gasteiger partial charge in [-0.3, -0.25) is 4.57 Å². The molecule has 0 bridgehead atoms. The van der Waals surface area contributed by atoms with Crippen LogP contribution in [0.3, 0.4) is 0 Å². The first-order valence-electron chi connectivity index (χ1n) is 11.0. The Morgan fingerprint density at radius 2 is 1.88 bits per heavy atom. The van der Waals surface area contributed by atoms with Gasteiger partial charge < -0.3 is 13.8 Å². The maximum atomic E-state index is 13.2. The molecule has 1 fully saturated rings. The van der Waals surface area contributed by atoms with Crippen molar-refractivity contribution < 1.29 is 13.3 Å². The number of anilines is 1. The van der Waals surface area contributed by atoms with Crippen LogP contribution in [0.2, 0.25) is 0 Å². The summed E-state index contributed by atoms with van der Waals surface area (Å²) in [6.07, 6.45) is 2.89. The van der Waals surface area contributed by atoms with Crippen LogP contribution < -0.4 is 4.90 Å². The van der Waals surface area contributed by atoms with Crippen molar-refractivity contribution in [1.29, 1.82) is 0 Å². The molecule has 0 amide bonds. The lowest BCUT2D eigenvalue weighted by atomic mass is 9.92. The van der Waals surface area contributed by atoms with Gasteiger partial charge in [0, 0.05) is 18.7 Å². The number of nitrogens with zero attached hydrogens (tertiary/aromatic N) is 6. The van der Waals surface area contributed by atoms with Gasteiger partial charge in [0.05, 0.1) is 18.6 Å². The van der Waals surface area contributed by atoms with E-state index in [0.29, 0.717) is 41.4 Å². The first kappa shape index (κ1) is 21.7. The van der Waals surface area contributed by atoms with E-state index in [1.807, 2.05) is 12.1 Å². The third kappa shape index (κ3) is 4.95. The number of benzene rings is 1. The van der Waals surface area contributed by atoms with E-state index >= 15 is 0 Å². The molecule has 5 rings (SSSR count). The second-order valence-corrected chi connectivity index (χ2v) is 9.55. The molecule has 2 atom stereocenters. The summed E-state index contributed by atoms with van der Waals surface area (Å²) in [4.78, 5) is 6.76. The highest BCUT2D eigenvalue weighted by atomic mass is 32.2. The quantitative estimate of drug-likeness (QED) is 0.355. The molecule has 172 valence electrons. The van der Waals surface area contributed by atoms with Gasteiger partial charge >= 0.3 is 0 Å². The zero-order valence-electron chi connectivity index (χ0n) is 18.5. The van der Waals surface area contributed by atoms with Crippen LogP contribution in [-0.2, 0) is 12.3 Å². The third-order valence-electron chi connectivity index (χ3n) is 5.63. The normalized spacial score (nSPS) is 18.7. The number of aromatic nitrogens is 5. The number of furan rings is 1. The highest BCUT2D eigenvalue weighted by molar-refractivity contribution is 7.98. The lowest BCUT2D eigenvalue weighted by Gasteiger charge is -2.35. The number of halogens is 1. The van der Waals surface area contributed by atoms with Gasteiger partial charge in [-0.2, -0.15) is 4.98 Å². The Labute approximate surface area is 195 Å². The summed E-state index contributed by atoms with van der Waals surface area (Å²) in [6, 6.07) is 9.81. The van der Waals surface area contributed by atoms with E-state index in [1.165, 1.54) is 30.3 Å². The molecule has 10 heteroatoms. The van der Waals surface area contributed by atoms with E-state index in [4.69, 9.17) is 8.94 Å². The van der Waals surface area contributed by atoms with Gasteiger partial charge in [-0.15, -0.1) is 10.2 Å². The van der Waals surface area contributed by atoms with Crippen molar-refractivity contribution in [3.63, 3.8) is 0 Å². The Morgan fingerprint density at radius 1 is 1.09 bits per heavy atom. The minimum absolute atomic E-state index is 0.307. The number of hydrogen-bond acceptors (Lipinski definition) is 8. The molecule has 1 aliphatic rings. The average Bonchev–Trinajstić information content (AvgIpc) is 3.54. The van der Waals surface area contributed by atoms with Gasteiger partial charge in [0.2, 0.25) is 5.95 Å². The SMILES string of the molecule is CC1CC(C)CN(c2nnc(SCc3noc(-c4ccc(F)cc4)n3)n2Cc2ccco2)C1. The monoisotopic (exact) mass is 468 g/mol. The van der Waals surface area contributed by atoms with Crippen LogP contribution in [0, 0.1) is 17.7 Å². The minimum atomic E-state index is -0.307. The summed E-state index contributed by atoms with van der Waals surface area (Å²) in [7, 11) is 0. The largest absolute Gasteiger partial charge is 0.467 e. The minimum Gasteiger partial charge on any atom is -0.467 e. The van der Waals surface area contributed by atoms with Crippen molar-refractivity contribution in [3.8, 4) is 11.5 Å². The van der Waals surface area contributed by atoms with Crippen molar-refractivity contribution in [2.75, 3.05) is 18.0 Å². The lowest BCUT2D eigenvalue weighted by Crippen LogP contribution is -2.40. The van der Waals surface area contributed by atoms with E-state index in [1.54, 1.807) is 18.4 Å². The predicted octanol–water partition coefficient (Wildman–Crippen LogP) is 4.88. The van der Waals surface area contributed by atoms with E-state index in [-0.39, 0.29) is 5.82 Å². The smallest absolute Gasteiger partial charge is 0.257 e. The van der Waals surface area contributed by atoms with Crippen LogP contribution in [0.1, 0.15) is 31.9 Å². The van der Waals surface area contributed by atoms with Crippen LogP contribution in [0.15, 0.2) is 56.8 Å². The summed E-state index contributed by atoms with van der Waals surface area (Å²) >= 11 is 1.50. The van der Waals surface area contributed by atoms with Crippen LogP contribution >= 0.6 is 11.8 Å². The number of piperidine rings is 1. The van der Waals surface area contributed by atoms with Gasteiger partial charge in [-0.25, -0.2) is 4.39 Å². The topological polar surface area (TPSA) is 86.0 Å². The maximum Gasteiger partial charge on any atom is 0.257 e. The van der Waals surface area contributed by atoms with Crippen molar-refractivity contribution in [2.24, 2.45) is 11.8 Å². The number of hydrogen-bond donors (Lipinski definition) is 0. The van der Waals surface area contributed by atoms with Crippen molar-refractivity contribution in [2.45, 2.75) is 37.7 Å². The van der Waals surface area contributed by atoms with Crippen LogP contribution in [0.4, 0.5) is 10.3 Å². The second kappa shape index (κ2) is 9.38. The summed E-state index contributed by atoms with van der Waals surface area (Å²) in [5, 5.41) is 13.8. The fourth-order valence-electron chi connectivity index (χ4n) is 4.30. The molecule has 4 heterocycles. The number of thioether (sulfide) groups is 1. The molecule has 0 saturated carbocycles. The molecule has 8 nitrogen and oxygen atoms in total. The summed E-state index contributed by atoms with van der Waals surface area (Å²) in [5.41, 5.74) is 0.678. The molecular formula is C23H25FN6O2S.